The Balaban J connectivity index is 2.62. The van der Waals surface area contributed by atoms with Gasteiger partial charge < -0.3 is 14.8 Å². The van der Waals surface area contributed by atoms with Crippen molar-refractivity contribution in [2.45, 2.75) is 58.1 Å². The standard InChI is InChI=1S/C14H27NO3/c1-5-7-11(3)18-10-14(15-4,12-8-9-12)13(16)17-6-2/h11-12,15H,5-10H2,1-4H3. The van der Waals surface area contributed by atoms with Crippen LogP contribution in [0.3, 0.4) is 0 Å². The second-order valence-electron chi connectivity index (χ2n) is 5.13. The highest BCUT2D eigenvalue weighted by Crippen LogP contribution is 2.40. The lowest BCUT2D eigenvalue weighted by Crippen LogP contribution is -2.57. The van der Waals surface area contributed by atoms with Gasteiger partial charge in [0.25, 0.3) is 0 Å². The third kappa shape index (κ3) is 3.69. The van der Waals surface area contributed by atoms with Crippen LogP contribution in [0.25, 0.3) is 0 Å². The number of esters is 1. The number of carbonyl (C=O) groups is 1. The summed E-state index contributed by atoms with van der Waals surface area (Å²) in [5, 5.41) is 3.16. The first kappa shape index (κ1) is 15.4. The highest BCUT2D eigenvalue weighted by Gasteiger charge is 2.51. The second kappa shape index (κ2) is 7.10. The summed E-state index contributed by atoms with van der Waals surface area (Å²) in [6, 6.07) is 0. The lowest BCUT2D eigenvalue weighted by Gasteiger charge is -2.32. The van der Waals surface area contributed by atoms with Gasteiger partial charge in [0, 0.05) is 0 Å². The van der Waals surface area contributed by atoms with Gasteiger partial charge in [-0.05, 0) is 46.1 Å². The number of likely N-dealkylation sites (N-methyl/N-ethyl adjacent to an activating group) is 1. The number of hydrogen-bond donors (Lipinski definition) is 1. The number of nitrogens with one attached hydrogen (secondary N) is 1. The predicted molar refractivity (Wildman–Crippen MR) is 71.5 cm³/mol. The highest BCUT2D eigenvalue weighted by molar-refractivity contribution is 5.82. The normalized spacial score (nSPS) is 20.2. The van der Waals surface area contributed by atoms with Crippen LogP contribution >= 0.6 is 0 Å². The van der Waals surface area contributed by atoms with E-state index in [-0.39, 0.29) is 12.1 Å². The minimum Gasteiger partial charge on any atom is -0.465 e. The molecule has 18 heavy (non-hydrogen) atoms. The van der Waals surface area contributed by atoms with Crippen molar-refractivity contribution in [3.8, 4) is 0 Å². The molecule has 0 aromatic heterocycles. The van der Waals surface area contributed by atoms with E-state index in [1.165, 1.54) is 0 Å². The van der Waals surface area contributed by atoms with E-state index in [1.807, 2.05) is 14.0 Å². The first-order valence-corrected chi connectivity index (χ1v) is 7.08. The number of carbonyl (C=O) groups excluding carboxylic acids is 1. The summed E-state index contributed by atoms with van der Waals surface area (Å²) in [6.07, 6.45) is 4.45. The fraction of sp³-hybridized carbons (Fsp3) is 0.929. The molecule has 1 rings (SSSR count). The van der Waals surface area contributed by atoms with E-state index in [0.717, 1.165) is 25.7 Å². The van der Waals surface area contributed by atoms with Gasteiger partial charge in [0.15, 0.2) is 0 Å². The van der Waals surface area contributed by atoms with Crippen LogP contribution in [0.1, 0.15) is 46.5 Å². The zero-order chi connectivity index (χ0) is 13.6. The summed E-state index contributed by atoms with van der Waals surface area (Å²) in [5.41, 5.74) is -0.641. The van der Waals surface area contributed by atoms with Crippen LogP contribution < -0.4 is 5.32 Å². The van der Waals surface area contributed by atoms with E-state index in [0.29, 0.717) is 19.1 Å². The molecule has 106 valence electrons. The maximum Gasteiger partial charge on any atom is 0.329 e. The summed E-state index contributed by atoms with van der Waals surface area (Å²) >= 11 is 0. The van der Waals surface area contributed by atoms with Crippen LogP contribution in [0.4, 0.5) is 0 Å². The van der Waals surface area contributed by atoms with E-state index in [4.69, 9.17) is 9.47 Å². The molecule has 2 atom stereocenters. The van der Waals surface area contributed by atoms with Crippen LogP contribution in [0.5, 0.6) is 0 Å². The first-order chi connectivity index (χ1) is 8.60. The summed E-state index contributed by atoms with van der Waals surface area (Å²) in [7, 11) is 1.82. The van der Waals surface area contributed by atoms with Crippen molar-refractivity contribution in [2.75, 3.05) is 20.3 Å². The fourth-order valence-corrected chi connectivity index (χ4v) is 2.32. The third-order valence-electron chi connectivity index (χ3n) is 3.65. The lowest BCUT2D eigenvalue weighted by atomic mass is 9.94. The topological polar surface area (TPSA) is 47.6 Å². The Morgan fingerprint density at radius 1 is 1.44 bits per heavy atom. The number of rotatable bonds is 9. The second-order valence-corrected chi connectivity index (χ2v) is 5.13. The molecule has 0 spiro atoms. The molecule has 0 radical (unpaired) electrons. The predicted octanol–water partition coefficient (Wildman–Crippen LogP) is 2.12. The van der Waals surface area contributed by atoms with E-state index in [1.54, 1.807) is 0 Å². The Morgan fingerprint density at radius 2 is 2.11 bits per heavy atom. The van der Waals surface area contributed by atoms with Crippen molar-refractivity contribution in [3.05, 3.63) is 0 Å². The molecular weight excluding hydrogens is 230 g/mol. The molecule has 1 saturated carbocycles. The Labute approximate surface area is 110 Å². The number of hydrogen-bond acceptors (Lipinski definition) is 4. The van der Waals surface area contributed by atoms with E-state index in [2.05, 4.69) is 19.2 Å². The molecule has 0 aromatic carbocycles. The Bertz CT molecular complexity index is 266. The van der Waals surface area contributed by atoms with Gasteiger partial charge in [-0.1, -0.05) is 13.3 Å². The van der Waals surface area contributed by atoms with Crippen molar-refractivity contribution in [2.24, 2.45) is 5.92 Å². The first-order valence-electron chi connectivity index (χ1n) is 7.08. The highest BCUT2D eigenvalue weighted by atomic mass is 16.5. The van der Waals surface area contributed by atoms with Crippen molar-refractivity contribution in [3.63, 3.8) is 0 Å². The van der Waals surface area contributed by atoms with Gasteiger partial charge in [0.05, 0.1) is 19.3 Å². The van der Waals surface area contributed by atoms with Gasteiger partial charge in [-0.3, -0.25) is 0 Å². The van der Waals surface area contributed by atoms with Crippen LogP contribution in [-0.4, -0.2) is 37.9 Å². The molecule has 1 N–H and O–H groups in total. The molecule has 0 aliphatic heterocycles. The molecule has 1 aliphatic carbocycles. The minimum absolute atomic E-state index is 0.168. The van der Waals surface area contributed by atoms with Crippen LogP contribution in [0.15, 0.2) is 0 Å². The van der Waals surface area contributed by atoms with Crippen molar-refractivity contribution in [1.29, 1.82) is 0 Å². The van der Waals surface area contributed by atoms with Gasteiger partial charge in [-0.2, -0.15) is 0 Å². The van der Waals surface area contributed by atoms with Gasteiger partial charge in [-0.25, -0.2) is 4.79 Å². The molecule has 1 aliphatic rings. The molecular formula is C14H27NO3. The largest absolute Gasteiger partial charge is 0.465 e. The molecule has 0 aromatic rings. The van der Waals surface area contributed by atoms with Crippen molar-refractivity contribution in [1.82, 2.24) is 5.32 Å². The van der Waals surface area contributed by atoms with Crippen molar-refractivity contribution >= 4 is 5.97 Å². The quantitative estimate of drug-likeness (QED) is 0.643. The molecule has 0 bridgehead atoms. The molecule has 0 heterocycles. The third-order valence-corrected chi connectivity index (χ3v) is 3.65. The number of ether oxygens (including phenoxy) is 2. The fourth-order valence-electron chi connectivity index (χ4n) is 2.32. The molecule has 4 nitrogen and oxygen atoms in total. The maximum absolute atomic E-state index is 12.2. The van der Waals surface area contributed by atoms with Crippen molar-refractivity contribution < 1.29 is 14.3 Å². The zero-order valence-corrected chi connectivity index (χ0v) is 12.1. The maximum atomic E-state index is 12.2. The molecule has 1 fully saturated rings. The minimum atomic E-state index is -0.641. The van der Waals surface area contributed by atoms with E-state index in [9.17, 15) is 4.79 Å². The lowest BCUT2D eigenvalue weighted by molar-refractivity contribution is -0.156. The average molecular weight is 257 g/mol. The molecule has 2 unspecified atom stereocenters. The average Bonchev–Trinajstić information content (AvgIpc) is 3.16. The van der Waals surface area contributed by atoms with Crippen LogP contribution in [0, 0.1) is 5.92 Å². The molecule has 0 amide bonds. The summed E-state index contributed by atoms with van der Waals surface area (Å²) in [6.45, 7) is 6.86. The summed E-state index contributed by atoms with van der Waals surface area (Å²) in [5.74, 6) is 0.189. The zero-order valence-electron chi connectivity index (χ0n) is 12.1. The van der Waals surface area contributed by atoms with Crippen LogP contribution in [-0.2, 0) is 14.3 Å². The monoisotopic (exact) mass is 257 g/mol. The Morgan fingerprint density at radius 3 is 2.56 bits per heavy atom. The smallest absolute Gasteiger partial charge is 0.329 e. The van der Waals surface area contributed by atoms with Gasteiger partial charge in [-0.15, -0.1) is 0 Å². The van der Waals surface area contributed by atoms with E-state index < -0.39 is 5.54 Å². The molecule has 0 saturated heterocycles. The van der Waals surface area contributed by atoms with Gasteiger partial charge in [0.1, 0.15) is 5.54 Å². The molecule has 4 heteroatoms. The van der Waals surface area contributed by atoms with Crippen LogP contribution in [0.2, 0.25) is 0 Å². The van der Waals surface area contributed by atoms with Gasteiger partial charge >= 0.3 is 5.97 Å². The Kier molecular flexibility index (Phi) is 6.09. The summed E-state index contributed by atoms with van der Waals surface area (Å²) in [4.78, 5) is 12.2. The van der Waals surface area contributed by atoms with Gasteiger partial charge in [0.2, 0.25) is 0 Å². The SMILES string of the molecule is CCCC(C)OCC(NC)(C(=O)OCC)C1CC1. The Hall–Kier alpha value is -0.610. The van der Waals surface area contributed by atoms with E-state index >= 15 is 0 Å². The summed E-state index contributed by atoms with van der Waals surface area (Å²) < 4.78 is 11.1.